The third-order valence-electron chi connectivity index (χ3n) is 1.68. The molecule has 0 rings (SSSR count). The molecule has 0 aliphatic rings. The highest BCUT2D eigenvalue weighted by atomic mass is 19.3. The lowest BCUT2D eigenvalue weighted by Crippen LogP contribution is -2.26. The van der Waals surface area contributed by atoms with Crippen molar-refractivity contribution in [3.05, 3.63) is 0 Å². The van der Waals surface area contributed by atoms with E-state index in [2.05, 4.69) is 0 Å². The summed E-state index contributed by atoms with van der Waals surface area (Å²) in [4.78, 5) is 20.2. The van der Waals surface area contributed by atoms with Gasteiger partial charge in [0.15, 0.2) is 0 Å². The summed E-state index contributed by atoms with van der Waals surface area (Å²) in [6, 6.07) is 0. The summed E-state index contributed by atoms with van der Waals surface area (Å²) in [5, 5.41) is 8.04. The molecule has 0 heterocycles. The van der Waals surface area contributed by atoms with Crippen LogP contribution in [0.4, 0.5) is 8.78 Å². The highest BCUT2D eigenvalue weighted by molar-refractivity contribution is 5.86. The van der Waals surface area contributed by atoms with E-state index >= 15 is 0 Å². The molecule has 0 saturated heterocycles. The summed E-state index contributed by atoms with van der Waals surface area (Å²) < 4.78 is 23.1. The second-order valence-electron chi connectivity index (χ2n) is 4.41. The molecule has 1 N–H and O–H groups in total. The Labute approximate surface area is 94.8 Å². The summed E-state index contributed by atoms with van der Waals surface area (Å²) in [6.45, 7) is 6.40. The second kappa shape index (κ2) is 8.19. The van der Waals surface area contributed by atoms with Crippen molar-refractivity contribution in [3.8, 4) is 0 Å². The van der Waals surface area contributed by atoms with E-state index in [1.54, 1.807) is 0 Å². The molecule has 0 aliphatic carbocycles. The maximum absolute atomic E-state index is 11.6. The molecule has 0 unspecified atom stereocenters. The number of carbonyl (C=O) groups excluding carboxylic acids is 1. The third-order valence-corrected chi connectivity index (χ3v) is 1.68. The molecule has 0 bridgehead atoms. The van der Waals surface area contributed by atoms with Crippen molar-refractivity contribution in [1.29, 1.82) is 0 Å². The van der Waals surface area contributed by atoms with Gasteiger partial charge in [-0.25, -0.2) is 8.78 Å². The van der Waals surface area contributed by atoms with Crippen LogP contribution in [0.1, 0.15) is 47.0 Å². The fraction of sp³-hybridized carbons (Fsp3) is 0.818. The number of ketones is 1. The van der Waals surface area contributed by atoms with Crippen molar-refractivity contribution in [1.82, 2.24) is 0 Å². The largest absolute Gasteiger partial charge is 0.481 e. The number of alkyl halides is 2. The van der Waals surface area contributed by atoms with E-state index in [1.165, 1.54) is 20.8 Å². The minimum atomic E-state index is -2.83. The highest BCUT2D eigenvalue weighted by Gasteiger charge is 2.28. The number of Topliss-reactive ketones (excluding diaryl/α,β-unsaturated/α-hetero) is 1. The number of hydrogen-bond donors (Lipinski definition) is 1. The van der Waals surface area contributed by atoms with Crippen LogP contribution in [0.2, 0.25) is 0 Å². The Bertz CT molecular complexity index is 220. The topological polar surface area (TPSA) is 54.4 Å². The molecule has 0 fully saturated rings. The maximum atomic E-state index is 11.6. The Balaban J connectivity index is 0. The minimum Gasteiger partial charge on any atom is -0.481 e. The van der Waals surface area contributed by atoms with Crippen LogP contribution in [0, 0.1) is 5.41 Å². The molecular weight excluding hydrogens is 218 g/mol. The number of unbranched alkanes of at least 4 members (excludes halogenated alkanes) is 1. The van der Waals surface area contributed by atoms with Crippen molar-refractivity contribution in [3.63, 3.8) is 0 Å². The summed E-state index contributed by atoms with van der Waals surface area (Å²) >= 11 is 0. The minimum absolute atomic E-state index is 0.316. The molecule has 96 valence electrons. The van der Waals surface area contributed by atoms with E-state index in [-0.39, 0.29) is 0 Å². The van der Waals surface area contributed by atoms with Crippen LogP contribution >= 0.6 is 0 Å². The first-order valence-corrected chi connectivity index (χ1v) is 5.17. The van der Waals surface area contributed by atoms with Gasteiger partial charge in [-0.15, -0.1) is 0 Å². The molecule has 0 radical (unpaired) electrons. The number of carboxylic acids is 1. The fourth-order valence-electron chi connectivity index (χ4n) is 0.655. The molecule has 5 heteroatoms. The van der Waals surface area contributed by atoms with Gasteiger partial charge in [-0.2, -0.15) is 0 Å². The van der Waals surface area contributed by atoms with Crippen LogP contribution in [0.15, 0.2) is 0 Å². The van der Waals surface area contributed by atoms with Crippen LogP contribution in [0.3, 0.4) is 0 Å². The van der Waals surface area contributed by atoms with Gasteiger partial charge in [0, 0.05) is 11.8 Å². The first-order valence-electron chi connectivity index (χ1n) is 5.17. The van der Waals surface area contributed by atoms with Gasteiger partial charge in [0.2, 0.25) is 5.78 Å². The molecule has 0 aliphatic heterocycles. The van der Waals surface area contributed by atoms with Crippen LogP contribution in [0.25, 0.3) is 0 Å². The molecular formula is C11H20F2O3. The number of rotatable bonds is 4. The first kappa shape index (κ1) is 17.4. The molecule has 0 aromatic carbocycles. The molecule has 0 aromatic heterocycles. The SMILES string of the molecule is CC(C)(C)C(=O)C(F)F.CCCCC(=O)O. The maximum Gasteiger partial charge on any atom is 0.303 e. The van der Waals surface area contributed by atoms with E-state index < -0.39 is 23.6 Å². The molecule has 3 nitrogen and oxygen atoms in total. The second-order valence-corrected chi connectivity index (χ2v) is 4.41. The molecule has 0 amide bonds. The van der Waals surface area contributed by atoms with E-state index in [0.717, 1.165) is 12.8 Å². The summed E-state index contributed by atoms with van der Waals surface area (Å²) in [6.07, 6.45) is -0.747. The number of hydrogen-bond acceptors (Lipinski definition) is 2. The van der Waals surface area contributed by atoms with E-state index in [0.29, 0.717) is 6.42 Å². The van der Waals surface area contributed by atoms with Crippen molar-refractivity contribution in [2.45, 2.75) is 53.4 Å². The Morgan fingerprint density at radius 2 is 1.69 bits per heavy atom. The Morgan fingerprint density at radius 3 is 1.75 bits per heavy atom. The van der Waals surface area contributed by atoms with Crippen LogP contribution in [-0.4, -0.2) is 23.3 Å². The third kappa shape index (κ3) is 11.1. The summed E-state index contributed by atoms with van der Waals surface area (Å²) in [5.41, 5.74) is -0.909. The van der Waals surface area contributed by atoms with Gasteiger partial charge in [-0.05, 0) is 6.42 Å². The summed E-state index contributed by atoms with van der Waals surface area (Å²) in [5.74, 6) is -1.69. The average Bonchev–Trinajstić information content (AvgIpc) is 2.12. The van der Waals surface area contributed by atoms with Crippen molar-refractivity contribution < 1.29 is 23.5 Å². The zero-order valence-electron chi connectivity index (χ0n) is 10.2. The van der Waals surface area contributed by atoms with Crippen molar-refractivity contribution in [2.24, 2.45) is 5.41 Å². The van der Waals surface area contributed by atoms with Crippen molar-refractivity contribution in [2.75, 3.05) is 0 Å². The molecule has 0 saturated carbocycles. The normalized spacial score (nSPS) is 10.7. The van der Waals surface area contributed by atoms with Crippen LogP contribution in [0.5, 0.6) is 0 Å². The smallest absolute Gasteiger partial charge is 0.303 e. The van der Waals surface area contributed by atoms with E-state index in [9.17, 15) is 18.4 Å². The van der Waals surface area contributed by atoms with Gasteiger partial charge in [0.05, 0.1) is 0 Å². The Hall–Kier alpha value is -1.00. The number of carbonyl (C=O) groups is 2. The molecule has 0 atom stereocenters. The van der Waals surface area contributed by atoms with Gasteiger partial charge in [-0.1, -0.05) is 34.1 Å². The lowest BCUT2D eigenvalue weighted by Gasteiger charge is -2.14. The predicted octanol–water partition coefficient (Wildman–Crippen LogP) is 3.13. The van der Waals surface area contributed by atoms with Gasteiger partial charge in [0.1, 0.15) is 0 Å². The number of aliphatic carboxylic acids is 1. The Kier molecular flexibility index (Phi) is 8.90. The van der Waals surface area contributed by atoms with Gasteiger partial charge in [0.25, 0.3) is 6.43 Å². The fourth-order valence-corrected chi connectivity index (χ4v) is 0.655. The van der Waals surface area contributed by atoms with Crippen LogP contribution in [-0.2, 0) is 9.59 Å². The first-order chi connectivity index (χ1) is 7.12. The number of carboxylic acid groups (broad SMARTS) is 1. The van der Waals surface area contributed by atoms with Crippen molar-refractivity contribution >= 4 is 11.8 Å². The average molecular weight is 238 g/mol. The predicted molar refractivity (Wildman–Crippen MR) is 57.6 cm³/mol. The highest BCUT2D eigenvalue weighted by Crippen LogP contribution is 2.18. The van der Waals surface area contributed by atoms with Gasteiger partial charge in [-0.3, -0.25) is 9.59 Å². The molecule has 0 aromatic rings. The molecule has 0 spiro atoms. The number of halogens is 2. The summed E-state index contributed by atoms with van der Waals surface area (Å²) in [7, 11) is 0. The van der Waals surface area contributed by atoms with E-state index in [1.807, 2.05) is 6.92 Å². The Morgan fingerprint density at radius 1 is 1.25 bits per heavy atom. The van der Waals surface area contributed by atoms with E-state index in [4.69, 9.17) is 5.11 Å². The monoisotopic (exact) mass is 238 g/mol. The lowest BCUT2D eigenvalue weighted by atomic mass is 9.91. The van der Waals surface area contributed by atoms with Crippen LogP contribution < -0.4 is 0 Å². The lowest BCUT2D eigenvalue weighted by molar-refractivity contribution is -0.137. The zero-order chi connectivity index (χ0) is 13.4. The zero-order valence-corrected chi connectivity index (χ0v) is 10.2. The molecule has 16 heavy (non-hydrogen) atoms. The standard InChI is InChI=1S/C6H10F2O.C5H10O2/c1-6(2,3)4(9)5(7)8;1-2-3-4-5(6)7/h5H,1-3H3;2-4H2,1H3,(H,6,7). The quantitative estimate of drug-likeness (QED) is 0.818. The van der Waals surface area contributed by atoms with Gasteiger partial charge < -0.3 is 5.11 Å². The van der Waals surface area contributed by atoms with Gasteiger partial charge >= 0.3 is 5.97 Å².